The van der Waals surface area contributed by atoms with Crippen LogP contribution in [-0.2, 0) is 9.53 Å². The van der Waals surface area contributed by atoms with Crippen molar-refractivity contribution in [2.45, 2.75) is 12.5 Å². The molecule has 0 bridgehead atoms. The molecule has 1 heterocycles. The second-order valence-electron chi connectivity index (χ2n) is 1.80. The zero-order valence-electron chi connectivity index (χ0n) is 4.96. The van der Waals surface area contributed by atoms with E-state index < -0.39 is 0 Å². The van der Waals surface area contributed by atoms with Gasteiger partial charge in [-0.05, 0) is 6.42 Å². The number of carbonyl (C=O) groups excluding carboxylic acids is 1. The third-order valence-corrected chi connectivity index (χ3v) is 1.13. The first-order valence-electron chi connectivity index (χ1n) is 2.73. The minimum Gasteiger partial charge on any atom is -0.440 e. The van der Waals surface area contributed by atoms with Crippen LogP contribution in [0.4, 0.5) is 0 Å². The predicted octanol–water partition coefficient (Wildman–Crippen LogP) is 0.197. The number of ether oxygens (including phenoxy) is 1. The fourth-order valence-electron chi connectivity index (χ4n) is 0.655. The molecule has 1 aliphatic heterocycles. The fourth-order valence-corrected chi connectivity index (χ4v) is 0.655. The summed E-state index contributed by atoms with van der Waals surface area (Å²) in [6, 6.07) is -0.206. The van der Waals surface area contributed by atoms with Gasteiger partial charge in [0.1, 0.15) is 6.04 Å². The highest BCUT2D eigenvalue weighted by Crippen LogP contribution is 2.03. The third kappa shape index (κ3) is 1.29. The van der Waals surface area contributed by atoms with Gasteiger partial charge in [0.05, 0.1) is 0 Å². The van der Waals surface area contributed by atoms with Gasteiger partial charge < -0.3 is 4.74 Å². The summed E-state index contributed by atoms with van der Waals surface area (Å²) in [5.74, 6) is -0.227. The van der Waals surface area contributed by atoms with Gasteiger partial charge in [-0.25, -0.2) is 0 Å². The highest BCUT2D eigenvalue weighted by atomic mass is 16.6. The Kier molecular flexibility index (Phi) is 1.85. The van der Waals surface area contributed by atoms with Crippen molar-refractivity contribution in [3.8, 4) is 0 Å². The van der Waals surface area contributed by atoms with E-state index in [4.69, 9.17) is 0 Å². The third-order valence-electron chi connectivity index (χ3n) is 1.13. The first-order valence-corrected chi connectivity index (χ1v) is 2.73. The average Bonchev–Trinajstić information content (AvgIpc) is 2.18. The Labute approximate surface area is 53.7 Å². The molecule has 1 atom stereocenters. The molecule has 1 aliphatic rings. The second-order valence-corrected chi connectivity index (χ2v) is 1.80. The smallest absolute Gasteiger partial charge is 0.325 e. The van der Waals surface area contributed by atoms with Crippen LogP contribution in [0.25, 0.3) is 0 Å². The Morgan fingerprint density at radius 2 is 2.78 bits per heavy atom. The van der Waals surface area contributed by atoms with Crippen LogP contribution in [0.2, 0.25) is 0 Å². The standard InChI is InChI=1S/C6H8NO2/c1-2-3-5-6(8)9-4-7-5/h2,4-5,7H,1,3H2. The quantitative estimate of drug-likeness (QED) is 0.424. The van der Waals surface area contributed by atoms with E-state index in [1.54, 1.807) is 6.08 Å². The first-order chi connectivity index (χ1) is 4.34. The lowest BCUT2D eigenvalue weighted by Crippen LogP contribution is -2.24. The van der Waals surface area contributed by atoms with Crippen molar-refractivity contribution in [1.82, 2.24) is 5.32 Å². The molecule has 1 saturated heterocycles. The molecule has 1 rings (SSSR count). The number of carbonyl (C=O) groups is 1. The summed E-state index contributed by atoms with van der Waals surface area (Å²) in [5, 5.41) is 2.74. The topological polar surface area (TPSA) is 38.3 Å². The number of nitrogens with one attached hydrogen (secondary N) is 1. The van der Waals surface area contributed by atoms with Crippen molar-refractivity contribution in [2.24, 2.45) is 0 Å². The van der Waals surface area contributed by atoms with Crippen LogP contribution in [0.3, 0.4) is 0 Å². The lowest BCUT2D eigenvalue weighted by atomic mass is 10.2. The van der Waals surface area contributed by atoms with E-state index in [0.29, 0.717) is 6.42 Å². The van der Waals surface area contributed by atoms with Crippen molar-refractivity contribution in [1.29, 1.82) is 0 Å². The zero-order chi connectivity index (χ0) is 6.69. The van der Waals surface area contributed by atoms with Gasteiger partial charge in [-0.1, -0.05) is 6.08 Å². The predicted molar refractivity (Wildman–Crippen MR) is 32.1 cm³/mol. The molecular formula is C6H8NO2. The van der Waals surface area contributed by atoms with Gasteiger partial charge >= 0.3 is 5.97 Å². The van der Waals surface area contributed by atoms with E-state index in [0.717, 1.165) is 0 Å². The normalized spacial score (nSPS) is 25.8. The Morgan fingerprint density at radius 1 is 2.00 bits per heavy atom. The van der Waals surface area contributed by atoms with Gasteiger partial charge in [-0.3, -0.25) is 10.1 Å². The van der Waals surface area contributed by atoms with Gasteiger partial charge in [0, 0.05) is 0 Å². The SMILES string of the molecule is C=CCC1N[CH]OC1=O. The van der Waals surface area contributed by atoms with Gasteiger partial charge in [0.2, 0.25) is 6.73 Å². The molecule has 0 aliphatic carbocycles. The van der Waals surface area contributed by atoms with Crippen molar-refractivity contribution in [3.63, 3.8) is 0 Å². The van der Waals surface area contributed by atoms with E-state index >= 15 is 0 Å². The molecule has 0 aromatic carbocycles. The van der Waals surface area contributed by atoms with Crippen LogP contribution in [0.15, 0.2) is 12.7 Å². The Balaban J connectivity index is 2.39. The van der Waals surface area contributed by atoms with E-state index in [9.17, 15) is 4.79 Å². The van der Waals surface area contributed by atoms with Gasteiger partial charge in [0.15, 0.2) is 0 Å². The molecule has 49 valence electrons. The molecule has 1 fully saturated rings. The van der Waals surface area contributed by atoms with Crippen LogP contribution in [0, 0.1) is 6.73 Å². The minimum absolute atomic E-state index is 0.206. The van der Waals surface area contributed by atoms with Crippen molar-refractivity contribution in [3.05, 3.63) is 19.4 Å². The van der Waals surface area contributed by atoms with Crippen LogP contribution < -0.4 is 5.32 Å². The maximum Gasteiger partial charge on any atom is 0.325 e. The summed E-state index contributed by atoms with van der Waals surface area (Å²) in [6.45, 7) is 4.80. The Bertz CT molecular complexity index is 133. The number of cyclic esters (lactones) is 1. The molecule has 0 aromatic heterocycles. The van der Waals surface area contributed by atoms with Gasteiger partial charge in [-0.2, -0.15) is 0 Å². The number of hydrogen-bond donors (Lipinski definition) is 1. The highest BCUT2D eigenvalue weighted by Gasteiger charge is 2.24. The molecule has 0 amide bonds. The van der Waals surface area contributed by atoms with Crippen LogP contribution in [0.1, 0.15) is 6.42 Å². The highest BCUT2D eigenvalue weighted by molar-refractivity contribution is 5.78. The summed E-state index contributed by atoms with van der Waals surface area (Å²) >= 11 is 0. The first kappa shape index (κ1) is 6.29. The largest absolute Gasteiger partial charge is 0.440 e. The molecule has 9 heavy (non-hydrogen) atoms. The van der Waals surface area contributed by atoms with Crippen LogP contribution in [-0.4, -0.2) is 12.0 Å². The van der Waals surface area contributed by atoms with Crippen LogP contribution in [0.5, 0.6) is 0 Å². The lowest BCUT2D eigenvalue weighted by Gasteiger charge is -1.97. The molecular weight excluding hydrogens is 118 g/mol. The van der Waals surface area contributed by atoms with E-state index in [1.165, 1.54) is 6.73 Å². The summed E-state index contributed by atoms with van der Waals surface area (Å²) in [6.07, 6.45) is 2.30. The average molecular weight is 126 g/mol. The Hall–Kier alpha value is -0.830. The van der Waals surface area contributed by atoms with E-state index in [-0.39, 0.29) is 12.0 Å². The zero-order valence-corrected chi connectivity index (χ0v) is 4.96. The number of rotatable bonds is 2. The summed E-state index contributed by atoms with van der Waals surface area (Å²) < 4.78 is 4.50. The summed E-state index contributed by atoms with van der Waals surface area (Å²) in [7, 11) is 0. The molecule has 1 unspecified atom stereocenters. The molecule has 1 radical (unpaired) electrons. The summed E-state index contributed by atoms with van der Waals surface area (Å²) in [5.41, 5.74) is 0. The lowest BCUT2D eigenvalue weighted by molar-refractivity contribution is -0.137. The van der Waals surface area contributed by atoms with E-state index in [1.807, 2.05) is 0 Å². The van der Waals surface area contributed by atoms with Gasteiger partial charge in [0.25, 0.3) is 0 Å². The number of esters is 1. The van der Waals surface area contributed by atoms with Crippen molar-refractivity contribution < 1.29 is 9.53 Å². The van der Waals surface area contributed by atoms with Crippen molar-refractivity contribution >= 4 is 5.97 Å². The minimum atomic E-state index is -0.227. The van der Waals surface area contributed by atoms with E-state index in [2.05, 4.69) is 16.6 Å². The fraction of sp³-hybridized carbons (Fsp3) is 0.333. The molecule has 0 spiro atoms. The second kappa shape index (κ2) is 2.64. The monoisotopic (exact) mass is 126 g/mol. The number of hydrogen-bond acceptors (Lipinski definition) is 3. The maximum absolute atomic E-state index is 10.6. The van der Waals surface area contributed by atoms with Gasteiger partial charge in [-0.15, -0.1) is 6.58 Å². The van der Waals surface area contributed by atoms with Crippen molar-refractivity contribution in [2.75, 3.05) is 0 Å². The summed E-state index contributed by atoms with van der Waals surface area (Å²) in [4.78, 5) is 10.6. The molecule has 0 saturated carbocycles. The molecule has 3 nitrogen and oxygen atoms in total. The maximum atomic E-state index is 10.6. The molecule has 0 aromatic rings. The molecule has 3 heteroatoms. The van der Waals surface area contributed by atoms with Crippen LogP contribution >= 0.6 is 0 Å². The molecule has 1 N–H and O–H groups in total. The Morgan fingerprint density at radius 3 is 3.22 bits per heavy atom.